The molecule has 0 aliphatic carbocycles. The highest BCUT2D eigenvalue weighted by Crippen LogP contribution is 2.34. The van der Waals surface area contributed by atoms with E-state index in [1.807, 2.05) is 42.8 Å². The zero-order chi connectivity index (χ0) is 19.9. The van der Waals surface area contributed by atoms with Crippen LogP contribution in [0.4, 0.5) is 0 Å². The van der Waals surface area contributed by atoms with E-state index in [-0.39, 0.29) is 11.7 Å². The van der Waals surface area contributed by atoms with Crippen LogP contribution in [0.15, 0.2) is 24.4 Å². The summed E-state index contributed by atoms with van der Waals surface area (Å²) in [6.45, 7) is 5.23. The van der Waals surface area contributed by atoms with Gasteiger partial charge < -0.3 is 9.30 Å². The molecule has 1 aliphatic heterocycles. The molecular formula is C18H22N6O3S. The SMILES string of the molecule is CC(C)c1nc(-c2cn3c(n2)-c2ccc(CCS(N)(=O)=O)cc2OCC3)n[nH]1. The molecular weight excluding hydrogens is 380 g/mol. The van der Waals surface area contributed by atoms with Gasteiger partial charge in [-0.3, -0.25) is 5.10 Å². The molecule has 10 heteroatoms. The van der Waals surface area contributed by atoms with E-state index in [2.05, 4.69) is 15.2 Å². The summed E-state index contributed by atoms with van der Waals surface area (Å²) < 4.78 is 30.3. The number of primary sulfonamides is 1. The first-order valence-electron chi connectivity index (χ1n) is 9.06. The van der Waals surface area contributed by atoms with Crippen molar-refractivity contribution in [1.82, 2.24) is 24.7 Å². The third kappa shape index (κ3) is 3.78. The monoisotopic (exact) mass is 402 g/mol. The number of nitrogens with zero attached hydrogens (tertiary/aromatic N) is 4. The number of hydrogen-bond donors (Lipinski definition) is 2. The summed E-state index contributed by atoms with van der Waals surface area (Å²) in [5.41, 5.74) is 2.40. The third-order valence-corrected chi connectivity index (χ3v) is 5.38. The van der Waals surface area contributed by atoms with Gasteiger partial charge in [-0.15, -0.1) is 0 Å². The van der Waals surface area contributed by atoms with Crippen LogP contribution in [0.5, 0.6) is 5.75 Å². The maximum absolute atomic E-state index is 11.2. The van der Waals surface area contributed by atoms with Gasteiger partial charge in [-0.05, 0) is 24.1 Å². The van der Waals surface area contributed by atoms with Crippen molar-refractivity contribution in [3.05, 3.63) is 35.8 Å². The zero-order valence-corrected chi connectivity index (χ0v) is 16.5. The standard InChI is InChI=1S/C18H22N6O3S/c1-11(2)16-21-17(23-22-16)14-10-24-6-7-27-15-9-12(5-8-28(19,25)26)3-4-13(15)18(24)20-14/h3-4,9-11H,5-8H2,1-2H3,(H2,19,25,26)(H,21,22,23). The maximum Gasteiger partial charge on any atom is 0.209 e. The van der Waals surface area contributed by atoms with Gasteiger partial charge in [-0.25, -0.2) is 23.5 Å². The van der Waals surface area contributed by atoms with E-state index >= 15 is 0 Å². The van der Waals surface area contributed by atoms with Crippen molar-refractivity contribution in [3.63, 3.8) is 0 Å². The minimum Gasteiger partial charge on any atom is -0.491 e. The molecule has 148 valence electrons. The average molecular weight is 402 g/mol. The van der Waals surface area contributed by atoms with Crippen LogP contribution in [0, 0.1) is 0 Å². The van der Waals surface area contributed by atoms with Crippen molar-refractivity contribution in [2.45, 2.75) is 32.7 Å². The molecule has 4 rings (SSSR count). The van der Waals surface area contributed by atoms with Gasteiger partial charge in [-0.2, -0.15) is 5.10 Å². The fourth-order valence-corrected chi connectivity index (χ4v) is 3.62. The molecule has 0 radical (unpaired) electrons. The Morgan fingerprint density at radius 2 is 2.14 bits per heavy atom. The summed E-state index contributed by atoms with van der Waals surface area (Å²) in [6.07, 6.45) is 2.26. The summed E-state index contributed by atoms with van der Waals surface area (Å²) >= 11 is 0. The molecule has 1 aromatic carbocycles. The highest BCUT2D eigenvalue weighted by molar-refractivity contribution is 7.89. The molecule has 3 N–H and O–H groups in total. The molecule has 9 nitrogen and oxygen atoms in total. The number of nitrogens with two attached hydrogens (primary N) is 1. The second-order valence-corrected chi connectivity index (χ2v) is 8.87. The second kappa shape index (κ2) is 7.02. The fourth-order valence-electron chi connectivity index (χ4n) is 3.10. The van der Waals surface area contributed by atoms with E-state index in [4.69, 9.17) is 14.9 Å². The number of imidazole rings is 1. The maximum atomic E-state index is 11.2. The van der Waals surface area contributed by atoms with E-state index in [1.165, 1.54) is 0 Å². The Balaban J connectivity index is 1.67. The molecule has 0 amide bonds. The van der Waals surface area contributed by atoms with Crippen molar-refractivity contribution >= 4 is 10.0 Å². The zero-order valence-electron chi connectivity index (χ0n) is 15.7. The van der Waals surface area contributed by atoms with Crippen LogP contribution in [0.25, 0.3) is 22.9 Å². The number of H-pyrrole nitrogens is 1. The van der Waals surface area contributed by atoms with E-state index in [0.717, 1.165) is 22.8 Å². The van der Waals surface area contributed by atoms with Gasteiger partial charge in [0.05, 0.1) is 17.9 Å². The minimum absolute atomic E-state index is 0.104. The van der Waals surface area contributed by atoms with Crippen molar-refractivity contribution in [2.24, 2.45) is 5.14 Å². The molecule has 2 aromatic heterocycles. The highest BCUT2D eigenvalue weighted by atomic mass is 32.2. The molecule has 0 saturated heterocycles. The van der Waals surface area contributed by atoms with Gasteiger partial charge in [0.2, 0.25) is 15.8 Å². The summed E-state index contributed by atoms with van der Waals surface area (Å²) in [6, 6.07) is 5.63. The van der Waals surface area contributed by atoms with E-state index < -0.39 is 10.0 Å². The Kier molecular flexibility index (Phi) is 4.68. The number of sulfonamides is 1. The molecule has 3 aromatic rings. The highest BCUT2D eigenvalue weighted by Gasteiger charge is 2.21. The van der Waals surface area contributed by atoms with Gasteiger partial charge in [0, 0.05) is 12.1 Å². The molecule has 0 unspecified atom stereocenters. The van der Waals surface area contributed by atoms with Gasteiger partial charge >= 0.3 is 0 Å². The number of fused-ring (bicyclic) bond motifs is 3. The van der Waals surface area contributed by atoms with Crippen molar-refractivity contribution in [3.8, 4) is 28.7 Å². The van der Waals surface area contributed by atoms with E-state index in [9.17, 15) is 8.42 Å². The molecule has 0 saturated carbocycles. The Morgan fingerprint density at radius 1 is 1.32 bits per heavy atom. The number of ether oxygens (including phenoxy) is 1. The lowest BCUT2D eigenvalue weighted by molar-refractivity contribution is 0.306. The lowest BCUT2D eigenvalue weighted by atomic mass is 10.1. The Bertz CT molecular complexity index is 1120. The predicted octanol–water partition coefficient (Wildman–Crippen LogP) is 1.68. The van der Waals surface area contributed by atoms with Crippen molar-refractivity contribution < 1.29 is 13.2 Å². The lowest BCUT2D eigenvalue weighted by Gasteiger charge is -2.09. The summed E-state index contributed by atoms with van der Waals surface area (Å²) in [5.74, 6) is 3.00. The number of aromatic nitrogens is 5. The first-order valence-corrected chi connectivity index (χ1v) is 10.8. The molecule has 3 heterocycles. The summed E-state index contributed by atoms with van der Waals surface area (Å²) in [4.78, 5) is 9.25. The lowest BCUT2D eigenvalue weighted by Crippen LogP contribution is -2.17. The second-order valence-electron chi connectivity index (χ2n) is 7.14. The number of benzene rings is 1. The Labute approximate surface area is 163 Å². The van der Waals surface area contributed by atoms with Crippen LogP contribution in [-0.2, 0) is 23.0 Å². The average Bonchev–Trinajstić information content (AvgIpc) is 3.24. The van der Waals surface area contributed by atoms with Gasteiger partial charge in [0.15, 0.2) is 0 Å². The van der Waals surface area contributed by atoms with Crippen LogP contribution >= 0.6 is 0 Å². The molecule has 1 aliphatic rings. The predicted molar refractivity (Wildman–Crippen MR) is 104 cm³/mol. The van der Waals surface area contributed by atoms with Gasteiger partial charge in [0.25, 0.3) is 0 Å². The van der Waals surface area contributed by atoms with Crippen molar-refractivity contribution in [1.29, 1.82) is 0 Å². The normalized spacial score (nSPS) is 13.7. The quantitative estimate of drug-likeness (QED) is 0.668. The smallest absolute Gasteiger partial charge is 0.209 e. The first-order chi connectivity index (χ1) is 13.3. The largest absolute Gasteiger partial charge is 0.491 e. The minimum atomic E-state index is -3.51. The molecule has 0 fully saturated rings. The van der Waals surface area contributed by atoms with Crippen LogP contribution in [0.2, 0.25) is 0 Å². The number of nitrogens with one attached hydrogen (secondary N) is 1. The number of aryl methyl sites for hydroxylation is 1. The topological polar surface area (TPSA) is 129 Å². The van der Waals surface area contributed by atoms with Crippen LogP contribution in [0.1, 0.15) is 31.2 Å². The van der Waals surface area contributed by atoms with Crippen molar-refractivity contribution in [2.75, 3.05) is 12.4 Å². The fraction of sp³-hybridized carbons (Fsp3) is 0.389. The number of hydrogen-bond acceptors (Lipinski definition) is 6. The summed E-state index contributed by atoms with van der Waals surface area (Å²) in [5, 5.41) is 12.3. The van der Waals surface area contributed by atoms with Gasteiger partial charge in [-0.1, -0.05) is 19.9 Å². The van der Waals surface area contributed by atoms with Crippen LogP contribution in [0.3, 0.4) is 0 Å². The Hall–Kier alpha value is -2.72. The molecule has 0 spiro atoms. The number of aromatic amines is 1. The van der Waals surface area contributed by atoms with Crippen LogP contribution < -0.4 is 9.88 Å². The van der Waals surface area contributed by atoms with E-state index in [1.54, 1.807) is 0 Å². The molecule has 0 atom stereocenters. The number of rotatable bonds is 5. The molecule has 0 bridgehead atoms. The Morgan fingerprint density at radius 3 is 2.86 bits per heavy atom. The van der Waals surface area contributed by atoms with Gasteiger partial charge in [0.1, 0.15) is 29.7 Å². The first kappa shape index (κ1) is 18.6. The molecule has 28 heavy (non-hydrogen) atoms. The van der Waals surface area contributed by atoms with Crippen LogP contribution in [-0.4, -0.2) is 45.5 Å². The summed E-state index contributed by atoms with van der Waals surface area (Å²) in [7, 11) is -3.51. The van der Waals surface area contributed by atoms with E-state index in [0.29, 0.717) is 36.8 Å². The third-order valence-electron chi connectivity index (χ3n) is 4.61.